The van der Waals surface area contributed by atoms with Gasteiger partial charge in [0.2, 0.25) is 0 Å². The highest BCUT2D eigenvalue weighted by Gasteiger charge is 2.61. The van der Waals surface area contributed by atoms with Gasteiger partial charge in [0, 0.05) is 44.1 Å². The van der Waals surface area contributed by atoms with Gasteiger partial charge in [-0.1, -0.05) is 36.4 Å². The van der Waals surface area contributed by atoms with Gasteiger partial charge in [-0.3, -0.25) is 14.5 Å². The third-order valence-electron chi connectivity index (χ3n) is 7.91. The average Bonchev–Trinajstić information content (AvgIpc) is 2.87. The maximum absolute atomic E-state index is 13.3. The van der Waals surface area contributed by atoms with Gasteiger partial charge in [0.25, 0.3) is 5.91 Å². The molecule has 0 aromatic heterocycles. The fourth-order valence-corrected chi connectivity index (χ4v) is 6.20. The molecule has 3 atom stereocenters. The third-order valence-corrected chi connectivity index (χ3v) is 7.91. The van der Waals surface area contributed by atoms with Crippen LogP contribution >= 0.6 is 0 Å². The zero-order valence-electron chi connectivity index (χ0n) is 21.0. The number of likely N-dealkylation sites (tertiary alicyclic amines) is 1. The van der Waals surface area contributed by atoms with Crippen molar-refractivity contribution in [3.05, 3.63) is 78.4 Å². The van der Waals surface area contributed by atoms with E-state index in [1.54, 1.807) is 7.11 Å². The van der Waals surface area contributed by atoms with Gasteiger partial charge in [-0.2, -0.15) is 0 Å². The number of rotatable bonds is 7. The highest BCUT2D eigenvalue weighted by molar-refractivity contribution is 5.94. The van der Waals surface area contributed by atoms with Crippen molar-refractivity contribution in [3.63, 3.8) is 0 Å². The van der Waals surface area contributed by atoms with Crippen molar-refractivity contribution in [3.8, 4) is 5.75 Å². The maximum atomic E-state index is 13.3. The number of hydrogen-bond donors (Lipinski definition) is 0. The van der Waals surface area contributed by atoms with E-state index < -0.39 is 11.0 Å². The number of benzene rings is 2. The van der Waals surface area contributed by atoms with Crippen molar-refractivity contribution >= 4 is 11.9 Å². The molecule has 0 unspecified atom stereocenters. The van der Waals surface area contributed by atoms with E-state index in [0.717, 1.165) is 37.2 Å². The van der Waals surface area contributed by atoms with Crippen LogP contribution in [0.4, 0.5) is 0 Å². The van der Waals surface area contributed by atoms with E-state index in [1.807, 2.05) is 60.5 Å². The molecule has 35 heavy (non-hydrogen) atoms. The normalized spacial score (nSPS) is 26.3. The summed E-state index contributed by atoms with van der Waals surface area (Å²) in [5.41, 5.74) is 0.642. The minimum atomic E-state index is -0.695. The highest BCUT2D eigenvalue weighted by atomic mass is 16.6. The van der Waals surface area contributed by atoms with Gasteiger partial charge in [0.15, 0.2) is 0 Å². The van der Waals surface area contributed by atoms with Gasteiger partial charge in [-0.25, -0.2) is 0 Å². The van der Waals surface area contributed by atoms with E-state index >= 15 is 0 Å². The van der Waals surface area contributed by atoms with Gasteiger partial charge in [0.05, 0.1) is 7.11 Å². The van der Waals surface area contributed by atoms with Gasteiger partial charge in [-0.05, 0) is 62.1 Å². The molecule has 1 saturated heterocycles. The van der Waals surface area contributed by atoms with Gasteiger partial charge >= 0.3 is 5.97 Å². The Labute approximate surface area is 208 Å². The summed E-state index contributed by atoms with van der Waals surface area (Å²) in [6.45, 7) is 7.65. The van der Waals surface area contributed by atoms with Crippen molar-refractivity contribution in [2.75, 3.05) is 33.8 Å². The first-order valence-corrected chi connectivity index (χ1v) is 12.3. The van der Waals surface area contributed by atoms with E-state index in [2.05, 4.69) is 23.6 Å². The molecule has 2 aliphatic rings. The largest absolute Gasteiger partial charge is 0.497 e. The van der Waals surface area contributed by atoms with Crippen LogP contribution in [0.2, 0.25) is 0 Å². The van der Waals surface area contributed by atoms with E-state index in [1.165, 1.54) is 6.92 Å². The van der Waals surface area contributed by atoms with Crippen LogP contribution in [0.15, 0.2) is 67.3 Å². The molecule has 2 aromatic carbocycles. The van der Waals surface area contributed by atoms with Crippen LogP contribution in [0.5, 0.6) is 5.75 Å². The number of esters is 1. The maximum Gasteiger partial charge on any atom is 0.303 e. The van der Waals surface area contributed by atoms with Crippen LogP contribution in [0, 0.1) is 0 Å². The molecule has 0 bridgehead atoms. The Morgan fingerprint density at radius 3 is 2.63 bits per heavy atom. The smallest absolute Gasteiger partial charge is 0.303 e. The average molecular weight is 477 g/mol. The Hall–Kier alpha value is -3.12. The summed E-state index contributed by atoms with van der Waals surface area (Å²) in [6.07, 6.45) is 4.86. The summed E-state index contributed by atoms with van der Waals surface area (Å²) < 4.78 is 11.9. The minimum absolute atomic E-state index is 0.0143. The standard InChI is InChI=1S/C29H36N2O4/c1-5-17-31-18-16-28(24-12-9-13-26(19-24)34-4)20-25(14-15-29(28,21-31)35-22(2)32)30(3)27(33)23-10-7-6-8-11-23/h5-13,19,25H,1,14-18,20-21H2,2-4H3/t25-,28-,29-/m0/s1. The molecule has 0 spiro atoms. The summed E-state index contributed by atoms with van der Waals surface area (Å²) in [4.78, 5) is 30.0. The minimum Gasteiger partial charge on any atom is -0.497 e. The van der Waals surface area contributed by atoms with Crippen LogP contribution in [0.1, 0.15) is 48.5 Å². The molecule has 4 rings (SSSR count). The number of amides is 1. The van der Waals surface area contributed by atoms with Crippen LogP contribution in [0.3, 0.4) is 0 Å². The lowest BCUT2D eigenvalue weighted by molar-refractivity contribution is -0.188. The third kappa shape index (κ3) is 4.72. The van der Waals surface area contributed by atoms with Crippen molar-refractivity contribution in [2.45, 2.75) is 49.7 Å². The molecule has 0 N–H and O–H groups in total. The summed E-state index contributed by atoms with van der Waals surface area (Å²) in [6, 6.07) is 17.6. The SMILES string of the molecule is C=CCN1CC[C@@]2(c3cccc(OC)c3)C[C@@H](N(C)C(=O)c3ccccc3)CC[C@]2(OC(C)=O)C1. The van der Waals surface area contributed by atoms with Crippen LogP contribution in [-0.2, 0) is 14.9 Å². The predicted molar refractivity (Wildman–Crippen MR) is 137 cm³/mol. The van der Waals surface area contributed by atoms with Crippen molar-refractivity contribution < 1.29 is 19.1 Å². The molecule has 0 radical (unpaired) electrons. The van der Waals surface area contributed by atoms with E-state index in [4.69, 9.17) is 9.47 Å². The van der Waals surface area contributed by atoms with Crippen LogP contribution < -0.4 is 4.74 Å². The number of nitrogens with zero attached hydrogens (tertiary/aromatic N) is 2. The lowest BCUT2D eigenvalue weighted by atomic mass is 9.55. The molecule has 1 saturated carbocycles. The molecule has 1 heterocycles. The van der Waals surface area contributed by atoms with Crippen molar-refractivity contribution in [1.82, 2.24) is 9.80 Å². The second-order valence-corrected chi connectivity index (χ2v) is 9.85. The Morgan fingerprint density at radius 1 is 1.17 bits per heavy atom. The zero-order valence-corrected chi connectivity index (χ0v) is 21.0. The molecule has 6 nitrogen and oxygen atoms in total. The zero-order chi connectivity index (χ0) is 25.1. The Kier molecular flexibility index (Phi) is 7.31. The Morgan fingerprint density at radius 2 is 1.94 bits per heavy atom. The second kappa shape index (κ2) is 10.2. The number of hydrogen-bond acceptors (Lipinski definition) is 5. The first-order valence-electron chi connectivity index (χ1n) is 12.3. The van der Waals surface area contributed by atoms with Crippen molar-refractivity contribution in [1.29, 1.82) is 0 Å². The molecule has 1 aliphatic carbocycles. The number of carbonyl (C=O) groups is 2. The lowest BCUT2D eigenvalue weighted by Gasteiger charge is -2.60. The molecule has 1 amide bonds. The number of fused-ring (bicyclic) bond motifs is 1. The second-order valence-electron chi connectivity index (χ2n) is 9.85. The van der Waals surface area contributed by atoms with E-state index in [9.17, 15) is 9.59 Å². The molecular formula is C29H36N2O4. The quantitative estimate of drug-likeness (QED) is 0.437. The summed E-state index contributed by atoms with van der Waals surface area (Å²) in [7, 11) is 3.56. The van der Waals surface area contributed by atoms with Gasteiger partial charge in [0.1, 0.15) is 11.4 Å². The summed E-state index contributed by atoms with van der Waals surface area (Å²) in [5, 5.41) is 0. The van der Waals surface area contributed by atoms with Crippen LogP contribution in [0.25, 0.3) is 0 Å². The van der Waals surface area contributed by atoms with Crippen molar-refractivity contribution in [2.24, 2.45) is 0 Å². The number of ether oxygens (including phenoxy) is 2. The molecule has 6 heteroatoms. The lowest BCUT2D eigenvalue weighted by Crippen LogP contribution is -2.68. The molecular weight excluding hydrogens is 440 g/mol. The first kappa shape index (κ1) is 25.0. The highest BCUT2D eigenvalue weighted by Crippen LogP contribution is 2.54. The monoisotopic (exact) mass is 476 g/mol. The molecule has 2 aromatic rings. The van der Waals surface area contributed by atoms with Gasteiger partial charge in [-0.15, -0.1) is 6.58 Å². The Balaban J connectivity index is 1.77. The molecule has 186 valence electrons. The van der Waals surface area contributed by atoms with E-state index in [0.29, 0.717) is 24.9 Å². The number of methoxy groups -OCH3 is 1. The molecule has 2 fully saturated rings. The first-order chi connectivity index (χ1) is 16.8. The summed E-state index contributed by atoms with van der Waals surface area (Å²) >= 11 is 0. The molecule has 1 aliphatic heterocycles. The Bertz CT molecular complexity index is 1070. The fraction of sp³-hybridized carbons (Fsp3) is 0.448. The van der Waals surface area contributed by atoms with Gasteiger partial charge < -0.3 is 14.4 Å². The predicted octanol–water partition coefficient (Wildman–Crippen LogP) is 4.45. The number of carbonyl (C=O) groups excluding carboxylic acids is 2. The van der Waals surface area contributed by atoms with E-state index in [-0.39, 0.29) is 17.9 Å². The number of piperidine rings is 1. The topological polar surface area (TPSA) is 59.1 Å². The summed E-state index contributed by atoms with van der Waals surface area (Å²) in [5.74, 6) is 0.517. The fourth-order valence-electron chi connectivity index (χ4n) is 6.20. The van der Waals surface area contributed by atoms with Crippen LogP contribution in [-0.4, -0.2) is 67.1 Å².